The molecule has 4 aliphatic rings. The first kappa shape index (κ1) is 33.4. The van der Waals surface area contributed by atoms with E-state index < -0.39 is 10.8 Å². The molecule has 0 aromatic heterocycles. The molecule has 2 N–H and O–H groups in total. The largest absolute Gasteiger partial charge is 0.506 e. The number of piperidine rings is 1. The molecule has 246 valence electrons. The predicted octanol–water partition coefficient (Wildman–Crippen LogP) is 7.32. The van der Waals surface area contributed by atoms with E-state index in [0.717, 1.165) is 61.3 Å². The Morgan fingerprint density at radius 2 is 1.50 bits per heavy atom. The fraction of sp³-hybridized carbons (Fsp3) is 0.526. The molecule has 1 aromatic carbocycles. The third kappa shape index (κ3) is 6.10. The van der Waals surface area contributed by atoms with E-state index >= 15 is 0 Å². The predicted molar refractivity (Wildman–Crippen MR) is 186 cm³/mol. The molecule has 1 aromatic rings. The minimum Gasteiger partial charge on any atom is -0.506 e. The Labute approximate surface area is 274 Å². The molecule has 8 heteroatoms. The SMILES string of the molecule is CC(C)N1CCCC2=C/C(=C3/C(=O)C(c4cc5c(cc4NC(=O)C(C)(C)C)N(C(C)C)CCC5)=C3O)C(=NC(=O)C(C)(C)C)C=C21. The summed E-state index contributed by atoms with van der Waals surface area (Å²) in [4.78, 5) is 49.8. The van der Waals surface area contributed by atoms with Gasteiger partial charge in [0.2, 0.25) is 11.7 Å². The van der Waals surface area contributed by atoms with Gasteiger partial charge in [-0.25, -0.2) is 4.99 Å². The maximum absolute atomic E-state index is 14.2. The number of carbonyl (C=O) groups is 3. The van der Waals surface area contributed by atoms with E-state index in [1.54, 1.807) is 0 Å². The Morgan fingerprint density at radius 3 is 2.09 bits per heavy atom. The van der Waals surface area contributed by atoms with Gasteiger partial charge in [-0.2, -0.15) is 0 Å². The molecule has 2 aliphatic heterocycles. The molecule has 0 radical (unpaired) electrons. The molecule has 0 saturated carbocycles. The third-order valence-electron chi connectivity index (χ3n) is 9.23. The Balaban J connectivity index is 1.69. The number of nitrogens with one attached hydrogen (secondary N) is 1. The Morgan fingerprint density at radius 1 is 0.870 bits per heavy atom. The van der Waals surface area contributed by atoms with Gasteiger partial charge < -0.3 is 20.2 Å². The van der Waals surface area contributed by atoms with Crippen LogP contribution in [0.1, 0.15) is 99.6 Å². The van der Waals surface area contributed by atoms with E-state index in [1.165, 1.54) is 0 Å². The molecule has 0 spiro atoms. The van der Waals surface area contributed by atoms with Crippen LogP contribution in [0.15, 0.2) is 57.5 Å². The van der Waals surface area contributed by atoms with Gasteiger partial charge in [-0.1, -0.05) is 41.5 Å². The number of ketones is 1. The zero-order valence-electron chi connectivity index (χ0n) is 29.2. The van der Waals surface area contributed by atoms with Crippen molar-refractivity contribution in [1.29, 1.82) is 0 Å². The number of carbonyl (C=O) groups excluding carboxylic acids is 3. The number of amides is 2. The molecule has 1 fully saturated rings. The number of hydrogen-bond donors (Lipinski definition) is 2. The Kier molecular flexibility index (Phi) is 8.73. The molecule has 8 nitrogen and oxygen atoms in total. The van der Waals surface area contributed by atoms with Crippen molar-refractivity contribution < 1.29 is 19.5 Å². The zero-order chi connectivity index (χ0) is 33.9. The number of nitrogens with zero attached hydrogens (tertiary/aromatic N) is 3. The summed E-state index contributed by atoms with van der Waals surface area (Å²) in [6.07, 6.45) is 7.47. The number of aliphatic hydroxyl groups is 1. The van der Waals surface area contributed by atoms with Gasteiger partial charge >= 0.3 is 0 Å². The molecule has 1 saturated heterocycles. The standard InChI is InChI=1S/C38H50N4O4/c1-21(2)41-15-11-13-23-17-25(27(19-29(23)41)39-35(45)37(5,6)7)31-33(43)32(34(31)44)26-18-24-14-12-16-42(22(3)4)30(24)20-28(26)40-36(46)38(8,9)10/h17-22,43H,11-16H2,1-10H3,(H,39,45)/b32-26-,40-28?. The van der Waals surface area contributed by atoms with Gasteiger partial charge in [0, 0.05) is 58.5 Å². The number of aliphatic imine (C=N–C) groups is 1. The summed E-state index contributed by atoms with van der Waals surface area (Å²) in [6, 6.07) is 4.44. The van der Waals surface area contributed by atoms with Crippen LogP contribution < -0.4 is 10.2 Å². The van der Waals surface area contributed by atoms with E-state index in [4.69, 9.17) is 0 Å². The van der Waals surface area contributed by atoms with Gasteiger partial charge in [0.05, 0.1) is 22.5 Å². The van der Waals surface area contributed by atoms with Crippen molar-refractivity contribution in [3.05, 3.63) is 63.6 Å². The Hall–Kier alpha value is -3.94. The normalized spacial score (nSPS) is 21.3. The second kappa shape index (κ2) is 12.0. The van der Waals surface area contributed by atoms with Gasteiger partial charge in [-0.05, 0) is 88.8 Å². The lowest BCUT2D eigenvalue weighted by atomic mass is 9.76. The summed E-state index contributed by atoms with van der Waals surface area (Å²) >= 11 is 0. The second-order valence-electron chi connectivity index (χ2n) is 15.6. The number of benzene rings is 1. The first-order valence-electron chi connectivity index (χ1n) is 16.7. The van der Waals surface area contributed by atoms with Gasteiger partial charge in [0.25, 0.3) is 5.91 Å². The third-order valence-corrected chi connectivity index (χ3v) is 9.23. The van der Waals surface area contributed by atoms with Gasteiger partial charge in [-0.3, -0.25) is 14.4 Å². The molecule has 2 heterocycles. The van der Waals surface area contributed by atoms with Crippen molar-refractivity contribution in [3.63, 3.8) is 0 Å². The monoisotopic (exact) mass is 626 g/mol. The van der Waals surface area contributed by atoms with E-state index in [1.807, 2.05) is 65.8 Å². The summed E-state index contributed by atoms with van der Waals surface area (Å²) in [6.45, 7) is 21.4. The molecule has 2 amide bonds. The van der Waals surface area contributed by atoms with Crippen LogP contribution in [0.25, 0.3) is 5.57 Å². The van der Waals surface area contributed by atoms with Crippen LogP contribution in [0.2, 0.25) is 0 Å². The van der Waals surface area contributed by atoms with Crippen molar-refractivity contribution >= 4 is 40.3 Å². The summed E-state index contributed by atoms with van der Waals surface area (Å²) in [7, 11) is 0. The van der Waals surface area contributed by atoms with Crippen LogP contribution in [0.3, 0.4) is 0 Å². The van der Waals surface area contributed by atoms with Crippen molar-refractivity contribution in [3.8, 4) is 0 Å². The summed E-state index contributed by atoms with van der Waals surface area (Å²) in [5, 5.41) is 14.8. The average Bonchev–Trinajstić information content (AvgIpc) is 2.95. The van der Waals surface area contributed by atoms with Crippen molar-refractivity contribution in [1.82, 2.24) is 4.90 Å². The van der Waals surface area contributed by atoms with Crippen molar-refractivity contribution in [2.75, 3.05) is 23.3 Å². The lowest BCUT2D eigenvalue weighted by Crippen LogP contribution is -2.37. The number of likely N-dealkylation sites (tertiary alicyclic amines) is 1. The van der Waals surface area contributed by atoms with E-state index in [0.29, 0.717) is 22.5 Å². The highest BCUT2D eigenvalue weighted by molar-refractivity contribution is 6.42. The number of aliphatic hydroxyl groups excluding tert-OH is 1. The number of anilines is 2. The van der Waals surface area contributed by atoms with E-state index in [9.17, 15) is 19.5 Å². The number of allylic oxidation sites excluding steroid dienone is 6. The van der Waals surface area contributed by atoms with Gasteiger partial charge in [-0.15, -0.1) is 0 Å². The lowest BCUT2D eigenvalue weighted by molar-refractivity contribution is -0.125. The first-order valence-corrected chi connectivity index (χ1v) is 16.7. The second-order valence-corrected chi connectivity index (χ2v) is 15.6. The fourth-order valence-corrected chi connectivity index (χ4v) is 6.48. The molecular weight excluding hydrogens is 576 g/mol. The van der Waals surface area contributed by atoms with E-state index in [-0.39, 0.29) is 46.6 Å². The molecule has 0 bridgehead atoms. The maximum atomic E-state index is 14.2. The minimum absolute atomic E-state index is 0.135. The highest BCUT2D eigenvalue weighted by Gasteiger charge is 2.41. The van der Waals surface area contributed by atoms with Crippen LogP contribution in [0.5, 0.6) is 0 Å². The molecule has 46 heavy (non-hydrogen) atoms. The van der Waals surface area contributed by atoms with Crippen LogP contribution in [-0.4, -0.2) is 58.5 Å². The van der Waals surface area contributed by atoms with Gasteiger partial charge in [0.15, 0.2) is 0 Å². The van der Waals surface area contributed by atoms with Crippen LogP contribution in [-0.2, 0) is 20.8 Å². The maximum Gasteiger partial charge on any atom is 0.251 e. The smallest absolute Gasteiger partial charge is 0.251 e. The quantitative estimate of drug-likeness (QED) is 0.340. The topological polar surface area (TPSA) is 102 Å². The van der Waals surface area contributed by atoms with Crippen molar-refractivity contribution in [2.24, 2.45) is 15.8 Å². The van der Waals surface area contributed by atoms with Crippen LogP contribution in [0.4, 0.5) is 11.4 Å². The number of rotatable bonds is 4. The summed E-state index contributed by atoms with van der Waals surface area (Å²) in [5.41, 5.74) is 5.05. The Bertz CT molecular complexity index is 1650. The lowest BCUT2D eigenvalue weighted by Gasteiger charge is -2.39. The number of hydrogen-bond acceptors (Lipinski definition) is 6. The molecule has 5 rings (SSSR count). The number of aryl methyl sites for hydroxylation is 1. The molecule has 0 unspecified atom stereocenters. The molecular formula is C38H50N4O4. The summed E-state index contributed by atoms with van der Waals surface area (Å²) < 4.78 is 0. The minimum atomic E-state index is -0.713. The fourth-order valence-electron chi connectivity index (χ4n) is 6.48. The van der Waals surface area contributed by atoms with Crippen LogP contribution >= 0.6 is 0 Å². The highest BCUT2D eigenvalue weighted by atomic mass is 16.3. The van der Waals surface area contributed by atoms with Gasteiger partial charge in [0.1, 0.15) is 5.76 Å². The summed E-state index contributed by atoms with van der Waals surface area (Å²) in [5.74, 6) is -0.934. The van der Waals surface area contributed by atoms with E-state index in [2.05, 4.69) is 47.8 Å². The molecule has 2 aliphatic carbocycles. The first-order chi connectivity index (χ1) is 21.4. The zero-order valence-corrected chi connectivity index (χ0v) is 29.2. The highest BCUT2D eigenvalue weighted by Crippen LogP contribution is 2.46. The molecule has 0 atom stereocenters. The average molecular weight is 627 g/mol. The van der Waals surface area contributed by atoms with Crippen molar-refractivity contribution in [2.45, 2.75) is 107 Å². The number of Topliss-reactive ketones (excluding diaryl/α,β-unsaturated/α-hetero) is 1. The number of fused-ring (bicyclic) bond motifs is 2. The van der Waals surface area contributed by atoms with Crippen LogP contribution in [0, 0.1) is 10.8 Å².